The summed E-state index contributed by atoms with van der Waals surface area (Å²) in [6, 6.07) is 16.4. The number of allylic oxidation sites excluding steroid dienone is 2. The fourth-order valence-corrected chi connectivity index (χ4v) is 2.32. The summed E-state index contributed by atoms with van der Waals surface area (Å²) in [6.45, 7) is 0.741. The average molecular weight is 251 g/mol. The van der Waals surface area contributed by atoms with Crippen molar-refractivity contribution in [2.24, 2.45) is 5.84 Å². The quantitative estimate of drug-likeness (QED) is 0.494. The van der Waals surface area contributed by atoms with Crippen LogP contribution in [0, 0.1) is 0 Å². The van der Waals surface area contributed by atoms with E-state index in [1.54, 1.807) is 0 Å². The Morgan fingerprint density at radius 3 is 2.47 bits per heavy atom. The Labute approximate surface area is 113 Å². The highest BCUT2D eigenvalue weighted by Gasteiger charge is 2.34. The van der Waals surface area contributed by atoms with Gasteiger partial charge < -0.3 is 0 Å². The zero-order valence-corrected chi connectivity index (χ0v) is 10.7. The standard InChI is InChI=1S/C16H17N3/c17-19(13-7-2-8-14-19)18-12-6-5-11-16(18)15-9-3-1-4-10-15/h1-13H,14,17H2/q+2. The highest BCUT2D eigenvalue weighted by atomic mass is 15.8. The molecule has 2 heterocycles. The summed E-state index contributed by atoms with van der Waals surface area (Å²) in [5.74, 6) is 6.48. The van der Waals surface area contributed by atoms with Crippen LogP contribution in [0.5, 0.6) is 0 Å². The molecule has 0 saturated heterocycles. The second-order valence-electron chi connectivity index (χ2n) is 4.64. The first-order valence-corrected chi connectivity index (χ1v) is 6.37. The van der Waals surface area contributed by atoms with Crippen LogP contribution in [0.25, 0.3) is 11.3 Å². The molecule has 2 aromatic rings. The number of nitrogens with zero attached hydrogens (tertiary/aromatic N) is 2. The van der Waals surface area contributed by atoms with Crippen LogP contribution in [0.15, 0.2) is 79.2 Å². The lowest BCUT2D eigenvalue weighted by Crippen LogP contribution is -2.77. The van der Waals surface area contributed by atoms with E-state index in [1.165, 1.54) is 0 Å². The van der Waals surface area contributed by atoms with Crippen molar-refractivity contribution in [3.63, 3.8) is 0 Å². The second-order valence-corrected chi connectivity index (χ2v) is 4.64. The lowest BCUT2D eigenvalue weighted by atomic mass is 10.1. The van der Waals surface area contributed by atoms with Gasteiger partial charge in [0.2, 0.25) is 6.20 Å². The third-order valence-corrected chi connectivity index (χ3v) is 3.30. The molecule has 0 aliphatic carbocycles. The Kier molecular flexibility index (Phi) is 2.99. The SMILES string of the molecule is N[N+]1([n+]2ccccc2-c2ccccc2)C=CC=CC1. The summed E-state index contributed by atoms with van der Waals surface area (Å²) in [7, 11) is 0. The molecule has 1 aromatic carbocycles. The van der Waals surface area contributed by atoms with Gasteiger partial charge in [0, 0.05) is 21.5 Å². The molecule has 1 aliphatic rings. The summed E-state index contributed by atoms with van der Waals surface area (Å²) >= 11 is 0. The Hall–Kier alpha value is -2.23. The van der Waals surface area contributed by atoms with Gasteiger partial charge in [0.15, 0.2) is 12.7 Å². The number of nitrogens with two attached hydrogens (primary N) is 1. The van der Waals surface area contributed by atoms with Crippen molar-refractivity contribution in [1.29, 1.82) is 0 Å². The van der Waals surface area contributed by atoms with Crippen LogP contribution in [-0.2, 0) is 0 Å². The van der Waals surface area contributed by atoms with Crippen LogP contribution in [0.2, 0.25) is 0 Å². The average Bonchev–Trinajstić information content (AvgIpc) is 2.49. The van der Waals surface area contributed by atoms with E-state index in [0.717, 1.165) is 17.8 Å². The highest BCUT2D eigenvalue weighted by Crippen LogP contribution is 2.15. The topological polar surface area (TPSA) is 29.9 Å². The van der Waals surface area contributed by atoms with Gasteiger partial charge in [-0.2, -0.15) is 0 Å². The van der Waals surface area contributed by atoms with Gasteiger partial charge in [-0.05, 0) is 30.4 Å². The number of hydrogen-bond donors (Lipinski definition) is 1. The van der Waals surface area contributed by atoms with Crippen molar-refractivity contribution in [3.05, 3.63) is 79.2 Å². The zero-order chi connectivity index (χ0) is 13.1. The Morgan fingerprint density at radius 1 is 0.947 bits per heavy atom. The number of hydrogen-bond acceptors (Lipinski definition) is 1. The summed E-state index contributed by atoms with van der Waals surface area (Å²) in [5.41, 5.74) is 2.26. The monoisotopic (exact) mass is 251 g/mol. The largest absolute Gasteiger partial charge is 0.275 e. The van der Waals surface area contributed by atoms with Crippen LogP contribution in [0.4, 0.5) is 0 Å². The predicted molar refractivity (Wildman–Crippen MR) is 76.9 cm³/mol. The molecule has 0 bridgehead atoms. The molecule has 0 radical (unpaired) electrons. The molecular weight excluding hydrogens is 234 g/mol. The van der Waals surface area contributed by atoms with E-state index < -0.39 is 0 Å². The van der Waals surface area contributed by atoms with E-state index in [-0.39, 0.29) is 4.70 Å². The minimum atomic E-state index is 0.238. The molecule has 19 heavy (non-hydrogen) atoms. The molecule has 0 amide bonds. The summed E-state index contributed by atoms with van der Waals surface area (Å²) in [6.07, 6.45) is 10.1. The van der Waals surface area contributed by atoms with Gasteiger partial charge in [-0.15, -0.1) is 5.84 Å². The van der Waals surface area contributed by atoms with Crippen molar-refractivity contribution >= 4 is 0 Å². The molecule has 1 aliphatic heterocycles. The minimum Gasteiger partial charge on any atom is -0.118 e. The third-order valence-electron chi connectivity index (χ3n) is 3.30. The van der Waals surface area contributed by atoms with Gasteiger partial charge in [-0.3, -0.25) is 0 Å². The minimum absolute atomic E-state index is 0.238. The smallest absolute Gasteiger partial charge is 0.118 e. The lowest BCUT2D eigenvalue weighted by molar-refractivity contribution is -0.804. The molecule has 0 saturated carbocycles. The molecule has 2 N–H and O–H groups in total. The fraction of sp³-hybridized carbons (Fsp3) is 0.0625. The fourth-order valence-electron chi connectivity index (χ4n) is 2.32. The van der Waals surface area contributed by atoms with E-state index in [4.69, 9.17) is 5.84 Å². The molecule has 3 nitrogen and oxygen atoms in total. The van der Waals surface area contributed by atoms with Crippen molar-refractivity contribution in [2.45, 2.75) is 0 Å². The van der Waals surface area contributed by atoms with Crippen LogP contribution in [-0.4, -0.2) is 6.54 Å². The maximum absolute atomic E-state index is 6.48. The third kappa shape index (κ3) is 2.21. The molecule has 3 rings (SSSR count). The van der Waals surface area contributed by atoms with Crippen LogP contribution in [0.3, 0.4) is 0 Å². The number of rotatable bonds is 2. The Bertz CT molecular complexity index is 631. The van der Waals surface area contributed by atoms with E-state index in [1.807, 2.05) is 54.9 Å². The van der Waals surface area contributed by atoms with Crippen molar-refractivity contribution in [1.82, 2.24) is 4.70 Å². The second kappa shape index (κ2) is 4.80. The van der Waals surface area contributed by atoms with Gasteiger partial charge >= 0.3 is 0 Å². The van der Waals surface area contributed by atoms with Gasteiger partial charge in [0.05, 0.1) is 5.56 Å². The van der Waals surface area contributed by atoms with Crippen molar-refractivity contribution in [2.75, 3.05) is 6.54 Å². The lowest BCUT2D eigenvalue weighted by Gasteiger charge is -2.22. The van der Waals surface area contributed by atoms with E-state index in [2.05, 4.69) is 29.0 Å². The van der Waals surface area contributed by atoms with E-state index >= 15 is 0 Å². The van der Waals surface area contributed by atoms with E-state index in [0.29, 0.717) is 0 Å². The highest BCUT2D eigenvalue weighted by molar-refractivity contribution is 5.55. The molecule has 3 heteroatoms. The Morgan fingerprint density at radius 2 is 1.74 bits per heavy atom. The number of benzene rings is 1. The maximum atomic E-state index is 6.48. The molecule has 1 aromatic heterocycles. The number of quaternary nitrogens is 1. The molecule has 94 valence electrons. The van der Waals surface area contributed by atoms with Crippen LogP contribution >= 0.6 is 0 Å². The molecule has 1 atom stereocenters. The van der Waals surface area contributed by atoms with E-state index in [9.17, 15) is 0 Å². The first kappa shape index (κ1) is 11.8. The Balaban J connectivity index is 2.13. The van der Waals surface area contributed by atoms with Gasteiger partial charge in [-0.25, -0.2) is 0 Å². The number of aromatic nitrogens is 1. The first-order chi connectivity index (χ1) is 9.30. The summed E-state index contributed by atoms with van der Waals surface area (Å²) in [4.78, 5) is 0. The van der Waals surface area contributed by atoms with Crippen LogP contribution < -0.4 is 15.2 Å². The maximum Gasteiger partial charge on any atom is 0.275 e. The van der Waals surface area contributed by atoms with Crippen molar-refractivity contribution < 1.29 is 4.68 Å². The summed E-state index contributed by atoms with van der Waals surface area (Å²) < 4.78 is 2.32. The molecule has 1 unspecified atom stereocenters. The van der Waals surface area contributed by atoms with Crippen LogP contribution in [0.1, 0.15) is 0 Å². The molecule has 0 spiro atoms. The predicted octanol–water partition coefficient (Wildman–Crippen LogP) is 2.04. The molecule has 0 fully saturated rings. The van der Waals surface area contributed by atoms with Gasteiger partial charge in [0.25, 0.3) is 5.69 Å². The normalized spacial score (nSPS) is 21.5. The van der Waals surface area contributed by atoms with Crippen molar-refractivity contribution in [3.8, 4) is 11.3 Å². The summed E-state index contributed by atoms with van der Waals surface area (Å²) in [5, 5.41) is 0. The number of pyridine rings is 1. The zero-order valence-electron chi connectivity index (χ0n) is 10.7. The van der Waals surface area contributed by atoms with Gasteiger partial charge in [0.1, 0.15) is 0 Å². The first-order valence-electron chi connectivity index (χ1n) is 6.37. The molecular formula is C16H17N3+2. The van der Waals surface area contributed by atoms with Gasteiger partial charge in [-0.1, -0.05) is 24.3 Å².